The SMILES string of the molecule is COc1cc2cc(c1Cl)N(C)C(=O)C[C@H](OC(=O)[C@H](C)N(C)C(=O)CCC(C)(C)SCC(=O)NCCNC(=O)O[C@H]1CCCC[C@@H]1SSC(=O)C(C)(C)C)C(C)(O)C[C@H](C)[C@@H]1C[C@@](O)(NC(=O)O1)[C@H](OC)/C=C/C=C(\C)C2. The Balaban J connectivity index is 1.38. The lowest BCUT2D eigenvalue weighted by molar-refractivity contribution is -0.176. The van der Waals surface area contributed by atoms with Gasteiger partial charge in [-0.2, -0.15) is 0 Å². The van der Waals surface area contributed by atoms with E-state index in [1.165, 1.54) is 85.3 Å². The van der Waals surface area contributed by atoms with E-state index in [1.54, 1.807) is 31.2 Å². The van der Waals surface area contributed by atoms with E-state index < -0.39 is 88.2 Å². The van der Waals surface area contributed by atoms with Crippen LogP contribution in [-0.2, 0) is 49.3 Å². The number of esters is 1. The molecule has 2 aliphatic heterocycles. The minimum absolute atomic E-state index is 0.00787. The molecule has 0 radical (unpaired) electrons. The van der Waals surface area contributed by atoms with E-state index >= 15 is 0 Å². The van der Waals surface area contributed by atoms with Crippen molar-refractivity contribution >= 4 is 91.6 Å². The number of hydrogen-bond donors (Lipinski definition) is 5. The third-order valence-corrected chi connectivity index (χ3v) is 18.9. The predicted molar refractivity (Wildman–Crippen MR) is 302 cm³/mol. The van der Waals surface area contributed by atoms with Crippen molar-refractivity contribution in [2.75, 3.05) is 52.1 Å². The largest absolute Gasteiger partial charge is 0.495 e. The van der Waals surface area contributed by atoms with Gasteiger partial charge in [0.05, 0.1) is 35.8 Å². The molecule has 5 amide bonds. The highest BCUT2D eigenvalue weighted by molar-refractivity contribution is 8.82. The summed E-state index contributed by atoms with van der Waals surface area (Å²) in [4.78, 5) is 95.5. The van der Waals surface area contributed by atoms with Crippen molar-refractivity contribution in [3.8, 4) is 5.75 Å². The van der Waals surface area contributed by atoms with Gasteiger partial charge in [0.25, 0.3) is 0 Å². The first-order valence-electron chi connectivity index (χ1n) is 26.0. The summed E-state index contributed by atoms with van der Waals surface area (Å²) in [5, 5.41) is 32.3. The van der Waals surface area contributed by atoms with Crippen LogP contribution >= 0.6 is 45.0 Å². The molecule has 0 aromatic heterocycles. The Morgan fingerprint density at radius 2 is 1.70 bits per heavy atom. The Labute approximate surface area is 471 Å². The first-order chi connectivity index (χ1) is 35.9. The molecule has 1 saturated heterocycles. The van der Waals surface area contributed by atoms with Crippen molar-refractivity contribution in [2.24, 2.45) is 11.3 Å². The molecule has 0 spiro atoms. The number of allylic oxidation sites excluding steroid dienone is 3. The van der Waals surface area contributed by atoms with Crippen LogP contribution in [0.15, 0.2) is 35.9 Å². The third kappa shape index (κ3) is 19.5. The zero-order chi connectivity index (χ0) is 57.6. The van der Waals surface area contributed by atoms with Crippen LogP contribution < -0.4 is 25.6 Å². The number of anilines is 1. The minimum Gasteiger partial charge on any atom is -0.495 e. The first kappa shape index (κ1) is 65.3. The number of nitrogens with one attached hydrogen (secondary N) is 3. The number of methoxy groups -OCH3 is 2. The number of benzene rings is 1. The summed E-state index contributed by atoms with van der Waals surface area (Å²) in [6, 6.07) is 2.31. The van der Waals surface area contributed by atoms with Crippen LogP contribution in [0.5, 0.6) is 5.75 Å². The summed E-state index contributed by atoms with van der Waals surface area (Å²) in [5.41, 5.74) is -2.41. The van der Waals surface area contributed by atoms with E-state index in [-0.39, 0.29) is 65.5 Å². The predicted octanol–water partition coefficient (Wildman–Crippen LogP) is 7.90. The van der Waals surface area contributed by atoms with Gasteiger partial charge in [-0.3, -0.25) is 24.5 Å². The van der Waals surface area contributed by atoms with Crippen LogP contribution in [0.2, 0.25) is 5.02 Å². The standard InChI is InChI=1S/C54H82ClN5O14S3/c1-32-17-16-20-41(71-13)54(69)30-39(73-50(67)58-54)33(2)29-53(9,68)42(28-45(63)60(11)36-26-35(25-32)27-38(70-12)46(36)55)74-47(64)34(3)59(10)44(62)21-22-52(7,8)75-31-43(61)56-23-24-57-49(66)72-37-18-14-15-19-40(37)76-77-48(65)51(4,5)6/h16-17,20,26-27,33-34,37,39-42,68-69H,14-15,18-19,21-25,28-31H2,1-13H3,(H,56,61)(H,57,66)(H,58,67)/b20-16+,32-17+/t33-,34-,37-,39-,40-,41+,42-,53?,54-/m0/s1. The Bertz CT molecular complexity index is 2330. The molecule has 432 valence electrons. The van der Waals surface area contributed by atoms with E-state index in [4.69, 9.17) is 35.3 Å². The molecule has 5 N–H and O–H groups in total. The van der Waals surface area contributed by atoms with Crippen LogP contribution in [0.25, 0.3) is 0 Å². The number of carbonyl (C=O) groups is 7. The topological polar surface area (TPSA) is 249 Å². The molecule has 2 fully saturated rings. The van der Waals surface area contributed by atoms with E-state index in [1.807, 2.05) is 47.6 Å². The van der Waals surface area contributed by atoms with Crippen molar-refractivity contribution in [1.82, 2.24) is 20.9 Å². The first-order valence-corrected chi connectivity index (χ1v) is 29.6. The summed E-state index contributed by atoms with van der Waals surface area (Å²) in [6.45, 7) is 16.2. The van der Waals surface area contributed by atoms with Crippen LogP contribution in [0.3, 0.4) is 0 Å². The fourth-order valence-corrected chi connectivity index (χ4v) is 13.2. The molecule has 77 heavy (non-hydrogen) atoms. The average Bonchev–Trinajstić information content (AvgIpc) is 3.35. The van der Waals surface area contributed by atoms with Gasteiger partial charge in [-0.15, -0.1) is 11.8 Å². The summed E-state index contributed by atoms with van der Waals surface area (Å²) in [5.74, 6) is -2.43. The Kier molecular flexibility index (Phi) is 24.4. The molecule has 23 heteroatoms. The monoisotopic (exact) mass is 1160 g/mol. The van der Waals surface area contributed by atoms with Gasteiger partial charge in [0.1, 0.15) is 41.2 Å². The maximum absolute atomic E-state index is 14.3. The number of fused-ring (bicyclic) bond motifs is 4. The number of amides is 5. The molecule has 1 aliphatic carbocycles. The molecule has 1 aromatic rings. The average molecular weight is 1160 g/mol. The number of ether oxygens (including phenoxy) is 5. The molecule has 19 nitrogen and oxygen atoms in total. The van der Waals surface area contributed by atoms with Gasteiger partial charge >= 0.3 is 18.2 Å². The van der Waals surface area contributed by atoms with Crippen molar-refractivity contribution in [3.05, 3.63) is 46.5 Å². The minimum atomic E-state index is -1.96. The van der Waals surface area contributed by atoms with Gasteiger partial charge in [0, 0.05) is 57.3 Å². The Morgan fingerprint density at radius 3 is 2.36 bits per heavy atom. The summed E-state index contributed by atoms with van der Waals surface area (Å²) >= 11 is 8.14. The van der Waals surface area contributed by atoms with Gasteiger partial charge in [-0.05, 0) is 93.7 Å². The highest BCUT2D eigenvalue weighted by Crippen LogP contribution is 2.42. The number of hydrogen-bond acceptors (Lipinski definition) is 17. The van der Waals surface area contributed by atoms with E-state index in [0.717, 1.165) is 30.4 Å². The maximum atomic E-state index is 14.3. The fraction of sp³-hybridized carbons (Fsp3) is 0.685. The number of halogens is 1. The number of alkyl carbamates (subject to hydrolysis) is 2. The summed E-state index contributed by atoms with van der Waals surface area (Å²) < 4.78 is 28.1. The zero-order valence-corrected chi connectivity index (χ0v) is 50.1. The second-order valence-electron chi connectivity index (χ2n) is 22.2. The smallest absolute Gasteiger partial charge is 0.409 e. The Morgan fingerprint density at radius 1 is 1.03 bits per heavy atom. The Hall–Kier alpha value is -4.19. The van der Waals surface area contributed by atoms with E-state index in [2.05, 4.69) is 16.0 Å². The third-order valence-electron chi connectivity index (χ3n) is 14.0. The number of likely N-dealkylation sites (N-methyl/N-ethyl adjacent to an activating group) is 1. The normalized spacial score (nSPS) is 27.1. The molecule has 1 unspecified atom stereocenters. The highest BCUT2D eigenvalue weighted by Gasteiger charge is 2.49. The molecular weight excluding hydrogens is 1070 g/mol. The van der Waals surface area contributed by atoms with Crippen LogP contribution in [0.1, 0.15) is 126 Å². The molecule has 9 atom stereocenters. The lowest BCUT2D eigenvalue weighted by Crippen LogP contribution is -2.63. The van der Waals surface area contributed by atoms with E-state index in [9.17, 15) is 43.8 Å². The van der Waals surface area contributed by atoms with Gasteiger partial charge in [-0.25, -0.2) is 14.4 Å². The van der Waals surface area contributed by atoms with Crippen molar-refractivity contribution in [3.63, 3.8) is 0 Å². The maximum Gasteiger partial charge on any atom is 0.409 e. The van der Waals surface area contributed by atoms with Crippen LogP contribution in [0, 0.1) is 11.3 Å². The molecular formula is C54H82ClN5O14S3. The molecule has 2 heterocycles. The number of thioether (sulfide) groups is 1. The van der Waals surface area contributed by atoms with Crippen molar-refractivity contribution < 1.29 is 67.5 Å². The summed E-state index contributed by atoms with van der Waals surface area (Å²) in [7, 11) is 8.48. The number of nitrogens with zero attached hydrogens (tertiary/aromatic N) is 2. The van der Waals surface area contributed by atoms with Crippen LogP contribution in [-0.4, -0.2) is 155 Å². The van der Waals surface area contributed by atoms with Crippen molar-refractivity contribution in [2.45, 2.75) is 178 Å². The second kappa shape index (κ2) is 28.8. The van der Waals surface area contributed by atoms with Crippen molar-refractivity contribution in [1.29, 1.82) is 0 Å². The quantitative estimate of drug-likeness (QED) is 0.0430. The number of rotatable bonds is 17. The van der Waals surface area contributed by atoms with Gasteiger partial charge < -0.3 is 54.3 Å². The number of aliphatic hydroxyl groups is 2. The lowest BCUT2D eigenvalue weighted by atomic mass is 9.81. The molecule has 1 aromatic carbocycles. The zero-order valence-electron chi connectivity index (χ0n) is 46.9. The van der Waals surface area contributed by atoms with Crippen LogP contribution in [0.4, 0.5) is 15.3 Å². The molecule has 4 rings (SSSR count). The van der Waals surface area contributed by atoms with Gasteiger partial charge in [0.15, 0.2) is 5.72 Å². The molecule has 4 bridgehead atoms. The van der Waals surface area contributed by atoms with Gasteiger partial charge in [0.2, 0.25) is 22.8 Å². The number of carbonyl (C=O) groups excluding carboxylic acids is 7. The summed E-state index contributed by atoms with van der Waals surface area (Å²) in [6.07, 6.45) is 3.22. The second-order valence-corrected chi connectivity index (χ2v) is 26.6. The van der Waals surface area contributed by atoms with Gasteiger partial charge in [-0.1, -0.05) is 94.2 Å². The highest BCUT2D eigenvalue weighted by atomic mass is 35.5. The lowest BCUT2D eigenvalue weighted by Gasteiger charge is -2.43. The fourth-order valence-electron chi connectivity index (χ4n) is 8.91. The van der Waals surface area contributed by atoms with E-state index in [0.29, 0.717) is 30.7 Å². The molecule has 3 aliphatic rings. The molecule has 1 saturated carbocycles.